The third-order valence-corrected chi connectivity index (χ3v) is 4.39. The van der Waals surface area contributed by atoms with Crippen LogP contribution in [0.5, 0.6) is 0 Å². The molecule has 0 atom stereocenters. The van der Waals surface area contributed by atoms with Gasteiger partial charge in [0.25, 0.3) is 0 Å². The van der Waals surface area contributed by atoms with Crippen LogP contribution in [0.3, 0.4) is 0 Å². The van der Waals surface area contributed by atoms with Crippen LogP contribution < -0.4 is 0 Å². The highest BCUT2D eigenvalue weighted by atomic mass is 19.1. The first-order chi connectivity index (χ1) is 12.3. The normalized spacial score (nSPS) is 11.6. The highest BCUT2D eigenvalue weighted by molar-refractivity contribution is 6.10. The van der Waals surface area contributed by atoms with Crippen molar-refractivity contribution in [1.29, 1.82) is 5.26 Å². The molecule has 0 aliphatic carbocycles. The first-order valence-corrected chi connectivity index (χ1v) is 8.05. The molecule has 0 saturated carbocycles. The zero-order valence-electron chi connectivity index (χ0n) is 13.4. The molecule has 0 unspecified atom stereocenters. The van der Waals surface area contributed by atoms with Gasteiger partial charge in [-0.15, -0.1) is 0 Å². The Kier molecular flexibility index (Phi) is 3.76. The van der Waals surface area contributed by atoms with Gasteiger partial charge in [-0.3, -0.25) is 0 Å². The third kappa shape index (κ3) is 2.66. The van der Waals surface area contributed by atoms with Crippen LogP contribution in [0, 0.1) is 17.1 Å². The second-order valence-corrected chi connectivity index (χ2v) is 5.88. The SMILES string of the molecule is N#CC(=Cc1c2ccccc2cc2ccccc12)c1ccccc1F. The van der Waals surface area contributed by atoms with Crippen LogP contribution >= 0.6 is 0 Å². The quantitative estimate of drug-likeness (QED) is 0.245. The number of halogens is 1. The number of fused-ring (bicyclic) bond motifs is 2. The maximum absolute atomic E-state index is 14.2. The summed E-state index contributed by atoms with van der Waals surface area (Å²) in [6.07, 6.45) is 1.79. The molecule has 118 valence electrons. The van der Waals surface area contributed by atoms with Gasteiger partial charge in [0.1, 0.15) is 5.82 Å². The number of nitriles is 1. The van der Waals surface area contributed by atoms with Gasteiger partial charge in [-0.2, -0.15) is 5.26 Å². The van der Waals surface area contributed by atoms with Crippen molar-refractivity contribution in [1.82, 2.24) is 0 Å². The number of hydrogen-bond acceptors (Lipinski definition) is 1. The number of hydrogen-bond donors (Lipinski definition) is 0. The molecule has 0 saturated heterocycles. The van der Waals surface area contributed by atoms with Crippen molar-refractivity contribution < 1.29 is 4.39 Å². The van der Waals surface area contributed by atoms with Crippen LogP contribution in [0.15, 0.2) is 78.9 Å². The third-order valence-electron chi connectivity index (χ3n) is 4.39. The number of rotatable bonds is 2. The Hall–Kier alpha value is -3.44. The second-order valence-electron chi connectivity index (χ2n) is 5.88. The highest BCUT2D eigenvalue weighted by Crippen LogP contribution is 2.32. The standard InChI is InChI=1S/C23H14FN/c24-23-12-6-5-11-21(23)18(15-25)14-22-19-9-3-1-7-16(19)13-17-8-2-4-10-20(17)22/h1-14H. The van der Waals surface area contributed by atoms with Gasteiger partial charge >= 0.3 is 0 Å². The molecule has 0 aliphatic rings. The van der Waals surface area contributed by atoms with E-state index in [0.29, 0.717) is 11.1 Å². The number of allylic oxidation sites excluding steroid dienone is 1. The zero-order valence-corrected chi connectivity index (χ0v) is 13.4. The van der Waals surface area contributed by atoms with Crippen molar-refractivity contribution >= 4 is 33.2 Å². The van der Waals surface area contributed by atoms with Gasteiger partial charge in [0, 0.05) is 5.56 Å². The molecule has 0 radical (unpaired) electrons. The largest absolute Gasteiger partial charge is 0.206 e. The van der Waals surface area contributed by atoms with Crippen LogP contribution in [-0.4, -0.2) is 0 Å². The van der Waals surface area contributed by atoms with Crippen molar-refractivity contribution in [3.8, 4) is 6.07 Å². The fourth-order valence-electron chi connectivity index (χ4n) is 3.20. The molecular weight excluding hydrogens is 309 g/mol. The molecule has 25 heavy (non-hydrogen) atoms. The van der Waals surface area contributed by atoms with Crippen molar-refractivity contribution in [2.24, 2.45) is 0 Å². The lowest BCUT2D eigenvalue weighted by atomic mass is 9.94. The van der Waals surface area contributed by atoms with E-state index in [-0.39, 0.29) is 5.82 Å². The fourth-order valence-corrected chi connectivity index (χ4v) is 3.20. The van der Waals surface area contributed by atoms with E-state index in [9.17, 15) is 9.65 Å². The van der Waals surface area contributed by atoms with E-state index in [1.165, 1.54) is 6.07 Å². The van der Waals surface area contributed by atoms with E-state index in [2.05, 4.69) is 12.1 Å². The summed E-state index contributed by atoms with van der Waals surface area (Å²) in [6, 6.07) is 26.8. The minimum Gasteiger partial charge on any atom is -0.206 e. The first-order valence-electron chi connectivity index (χ1n) is 8.05. The van der Waals surface area contributed by atoms with E-state index >= 15 is 0 Å². The molecule has 0 bridgehead atoms. The topological polar surface area (TPSA) is 23.8 Å². The predicted octanol–water partition coefficient (Wildman–Crippen LogP) is 6.20. The van der Waals surface area contributed by atoms with Gasteiger partial charge in [-0.05, 0) is 45.3 Å². The average molecular weight is 323 g/mol. The highest BCUT2D eigenvalue weighted by Gasteiger charge is 2.10. The maximum Gasteiger partial charge on any atom is 0.131 e. The van der Waals surface area contributed by atoms with E-state index in [4.69, 9.17) is 0 Å². The summed E-state index contributed by atoms with van der Waals surface area (Å²) in [5, 5.41) is 13.9. The van der Waals surface area contributed by atoms with Gasteiger partial charge in [-0.1, -0.05) is 66.7 Å². The lowest BCUT2D eigenvalue weighted by molar-refractivity contribution is 0.624. The second kappa shape index (κ2) is 6.22. The Morgan fingerprint density at radius 1 is 0.800 bits per heavy atom. The molecule has 0 aliphatic heterocycles. The molecule has 0 fully saturated rings. The first kappa shape index (κ1) is 15.1. The number of benzene rings is 4. The average Bonchev–Trinajstić information content (AvgIpc) is 2.66. The van der Waals surface area contributed by atoms with E-state index in [1.807, 2.05) is 48.5 Å². The van der Waals surface area contributed by atoms with Gasteiger partial charge in [-0.25, -0.2) is 4.39 Å². The Morgan fingerprint density at radius 3 is 1.96 bits per heavy atom. The van der Waals surface area contributed by atoms with Crippen LogP contribution in [0.4, 0.5) is 4.39 Å². The van der Waals surface area contributed by atoms with Gasteiger partial charge in [0.2, 0.25) is 0 Å². The van der Waals surface area contributed by atoms with E-state index < -0.39 is 0 Å². The molecule has 4 aromatic carbocycles. The summed E-state index contributed by atoms with van der Waals surface area (Å²) in [4.78, 5) is 0. The van der Waals surface area contributed by atoms with Crippen LogP contribution in [0.2, 0.25) is 0 Å². The van der Waals surface area contributed by atoms with Gasteiger partial charge in [0.15, 0.2) is 0 Å². The van der Waals surface area contributed by atoms with Gasteiger partial charge < -0.3 is 0 Å². The van der Waals surface area contributed by atoms with Crippen LogP contribution in [-0.2, 0) is 0 Å². The Balaban J connectivity index is 2.08. The van der Waals surface area contributed by atoms with Crippen LogP contribution in [0.1, 0.15) is 11.1 Å². The number of nitrogens with zero attached hydrogens (tertiary/aromatic N) is 1. The molecule has 0 amide bonds. The molecular formula is C23H14FN. The molecule has 4 rings (SSSR count). The lowest BCUT2D eigenvalue weighted by Crippen LogP contribution is -1.89. The zero-order chi connectivity index (χ0) is 17.2. The smallest absolute Gasteiger partial charge is 0.131 e. The summed E-state index contributed by atoms with van der Waals surface area (Å²) in [7, 11) is 0. The molecule has 4 aromatic rings. The van der Waals surface area contributed by atoms with Crippen molar-refractivity contribution in [3.63, 3.8) is 0 Å². The maximum atomic E-state index is 14.2. The Labute approximate surface area is 145 Å². The van der Waals surface area contributed by atoms with E-state index in [0.717, 1.165) is 27.1 Å². The van der Waals surface area contributed by atoms with Gasteiger partial charge in [0.05, 0.1) is 11.6 Å². The molecule has 0 spiro atoms. The molecule has 2 heteroatoms. The molecule has 0 aromatic heterocycles. The van der Waals surface area contributed by atoms with Crippen molar-refractivity contribution in [3.05, 3.63) is 95.8 Å². The lowest BCUT2D eigenvalue weighted by Gasteiger charge is -2.09. The summed E-state index contributed by atoms with van der Waals surface area (Å²) in [5.74, 6) is -0.389. The van der Waals surface area contributed by atoms with Crippen molar-refractivity contribution in [2.45, 2.75) is 0 Å². The summed E-state index contributed by atoms with van der Waals surface area (Å²) in [6.45, 7) is 0. The summed E-state index contributed by atoms with van der Waals surface area (Å²) >= 11 is 0. The van der Waals surface area contributed by atoms with Crippen molar-refractivity contribution in [2.75, 3.05) is 0 Å². The fraction of sp³-hybridized carbons (Fsp3) is 0. The Morgan fingerprint density at radius 2 is 1.36 bits per heavy atom. The van der Waals surface area contributed by atoms with Crippen LogP contribution in [0.25, 0.3) is 33.2 Å². The Bertz CT molecular complexity index is 1110. The minimum atomic E-state index is -0.389. The predicted molar refractivity (Wildman–Crippen MR) is 101 cm³/mol. The molecule has 0 N–H and O–H groups in total. The monoisotopic (exact) mass is 323 g/mol. The van der Waals surface area contributed by atoms with E-state index in [1.54, 1.807) is 24.3 Å². The minimum absolute atomic E-state index is 0.319. The molecule has 1 nitrogen and oxygen atoms in total. The molecule has 0 heterocycles. The summed E-state index contributed by atoms with van der Waals surface area (Å²) in [5.41, 5.74) is 1.58. The summed E-state index contributed by atoms with van der Waals surface area (Å²) < 4.78 is 14.2.